The Bertz CT molecular complexity index is 675. The lowest BCUT2D eigenvalue weighted by Crippen LogP contribution is -2.50. The molecule has 9 nitrogen and oxygen atoms in total. The number of hydrogen-bond acceptors (Lipinski definition) is 6. The van der Waals surface area contributed by atoms with E-state index < -0.39 is 28.4 Å². The van der Waals surface area contributed by atoms with E-state index in [1.165, 1.54) is 4.57 Å². The van der Waals surface area contributed by atoms with Crippen LogP contribution in [0.1, 0.15) is 29.2 Å². The Labute approximate surface area is 118 Å². The second kappa shape index (κ2) is 4.55. The van der Waals surface area contributed by atoms with E-state index in [0.717, 1.165) is 0 Å². The van der Waals surface area contributed by atoms with E-state index in [1.54, 1.807) is 0 Å². The maximum atomic E-state index is 12.3. The number of carbonyl (C=O) groups excluding carboxylic acids is 2. The number of hydrogen-bond donors (Lipinski definition) is 3. The van der Waals surface area contributed by atoms with Crippen LogP contribution in [0.2, 0.25) is 0 Å². The van der Waals surface area contributed by atoms with Crippen LogP contribution in [0.15, 0.2) is 4.79 Å². The first-order valence-electron chi connectivity index (χ1n) is 6.45. The standard InChI is InChI=1S/C12H14N4O5/c13-9(19)7-8(18)10(20)16-3-6-1-2-12(4-21-6,14-5-17)11(16)15-7/h5-6,18H,1-4H2,(H2,13,19)(H,14,17). The van der Waals surface area contributed by atoms with E-state index in [1.807, 2.05) is 0 Å². The first kappa shape index (κ1) is 13.6. The smallest absolute Gasteiger partial charge is 0.296 e. The Morgan fingerprint density at radius 2 is 2.38 bits per heavy atom. The number of nitrogens with two attached hydrogens (primary N) is 1. The van der Waals surface area contributed by atoms with Crippen LogP contribution in [0, 0.1) is 0 Å². The van der Waals surface area contributed by atoms with Crippen molar-refractivity contribution in [2.45, 2.75) is 31.0 Å². The first-order valence-corrected chi connectivity index (χ1v) is 6.45. The molecule has 1 aromatic heterocycles. The number of amides is 2. The van der Waals surface area contributed by atoms with Gasteiger partial charge in [-0.15, -0.1) is 0 Å². The van der Waals surface area contributed by atoms with E-state index in [2.05, 4.69) is 10.3 Å². The molecule has 3 aliphatic heterocycles. The predicted molar refractivity (Wildman–Crippen MR) is 68.5 cm³/mol. The SMILES string of the molecule is NC(=O)c1nc2n(c(=O)c1O)CC1CCC2(NC=O)CO1. The molecule has 0 aliphatic carbocycles. The number of nitrogens with zero attached hydrogens (tertiary/aromatic N) is 2. The monoisotopic (exact) mass is 294 g/mol. The summed E-state index contributed by atoms with van der Waals surface area (Å²) in [5.41, 5.74) is 2.89. The molecule has 2 bridgehead atoms. The number of rotatable bonds is 3. The van der Waals surface area contributed by atoms with Gasteiger partial charge in [0.2, 0.25) is 12.2 Å². The molecule has 4 rings (SSSR count). The normalized spacial score (nSPS) is 26.8. The summed E-state index contributed by atoms with van der Waals surface area (Å²) >= 11 is 0. The summed E-state index contributed by atoms with van der Waals surface area (Å²) in [6.07, 6.45) is 1.44. The lowest BCUT2D eigenvalue weighted by molar-refractivity contribution is -0.114. The lowest BCUT2D eigenvalue weighted by Gasteiger charge is -2.35. The Balaban J connectivity index is 2.30. The molecule has 0 saturated carbocycles. The third-order valence-corrected chi connectivity index (χ3v) is 3.99. The topological polar surface area (TPSA) is 137 Å². The number of carbonyl (C=O) groups is 2. The van der Waals surface area contributed by atoms with Crippen molar-refractivity contribution in [1.29, 1.82) is 0 Å². The van der Waals surface area contributed by atoms with E-state index in [4.69, 9.17) is 10.5 Å². The van der Waals surface area contributed by atoms with Gasteiger partial charge in [-0.05, 0) is 12.8 Å². The van der Waals surface area contributed by atoms with Crippen LogP contribution in [0.4, 0.5) is 0 Å². The molecule has 9 heteroatoms. The quantitative estimate of drug-likeness (QED) is 0.561. The van der Waals surface area contributed by atoms with Crippen LogP contribution < -0.4 is 16.6 Å². The first-order chi connectivity index (χ1) is 9.98. The van der Waals surface area contributed by atoms with Crippen molar-refractivity contribution in [3.05, 3.63) is 21.9 Å². The fourth-order valence-corrected chi connectivity index (χ4v) is 2.89. The number of nitrogens with one attached hydrogen (secondary N) is 1. The Morgan fingerprint density at radius 3 is 2.95 bits per heavy atom. The summed E-state index contributed by atoms with van der Waals surface area (Å²) in [4.78, 5) is 38.6. The highest BCUT2D eigenvalue weighted by atomic mass is 16.5. The maximum Gasteiger partial charge on any atom is 0.296 e. The largest absolute Gasteiger partial charge is 0.501 e. The van der Waals surface area contributed by atoms with Crippen LogP contribution in [0.3, 0.4) is 0 Å². The average molecular weight is 294 g/mol. The third kappa shape index (κ3) is 1.88. The number of fused-ring (bicyclic) bond motifs is 2. The molecule has 112 valence electrons. The fraction of sp³-hybridized carbons (Fsp3) is 0.500. The van der Waals surface area contributed by atoms with Crippen molar-refractivity contribution in [2.24, 2.45) is 5.73 Å². The molecular formula is C12H14N4O5. The molecule has 2 atom stereocenters. The fourth-order valence-electron chi connectivity index (χ4n) is 2.89. The third-order valence-electron chi connectivity index (χ3n) is 3.99. The number of aromatic hydroxyl groups is 1. The molecule has 4 heterocycles. The summed E-state index contributed by atoms with van der Waals surface area (Å²) in [6.45, 7) is 0.349. The van der Waals surface area contributed by atoms with Crippen LogP contribution in [0.25, 0.3) is 0 Å². The van der Waals surface area contributed by atoms with Gasteiger partial charge in [-0.25, -0.2) is 4.98 Å². The summed E-state index contributed by atoms with van der Waals surface area (Å²) in [5, 5.41) is 12.4. The molecule has 1 aromatic rings. The predicted octanol–water partition coefficient (Wildman–Crippen LogP) is -1.82. The molecular weight excluding hydrogens is 280 g/mol. The lowest BCUT2D eigenvalue weighted by atomic mass is 9.90. The molecule has 0 aromatic carbocycles. The van der Waals surface area contributed by atoms with Crippen molar-refractivity contribution < 1.29 is 19.4 Å². The zero-order chi connectivity index (χ0) is 15.2. The molecule has 2 unspecified atom stereocenters. The molecule has 1 saturated heterocycles. The Kier molecular flexibility index (Phi) is 2.94. The van der Waals surface area contributed by atoms with Crippen LogP contribution in [-0.4, -0.2) is 39.7 Å². The summed E-state index contributed by atoms with van der Waals surface area (Å²) in [7, 11) is 0. The average Bonchev–Trinajstić information content (AvgIpc) is 2.69. The highest BCUT2D eigenvalue weighted by Crippen LogP contribution is 2.35. The second-order valence-electron chi connectivity index (χ2n) is 5.23. The van der Waals surface area contributed by atoms with Gasteiger partial charge in [0.15, 0.2) is 5.69 Å². The molecule has 0 spiro atoms. The van der Waals surface area contributed by atoms with Gasteiger partial charge in [-0.3, -0.25) is 19.0 Å². The summed E-state index contributed by atoms with van der Waals surface area (Å²) in [5.74, 6) is -1.60. The van der Waals surface area contributed by atoms with E-state index in [-0.39, 0.29) is 25.1 Å². The van der Waals surface area contributed by atoms with Crippen molar-refractivity contribution in [1.82, 2.24) is 14.9 Å². The van der Waals surface area contributed by atoms with Crippen LogP contribution in [-0.2, 0) is 21.6 Å². The van der Waals surface area contributed by atoms with Gasteiger partial charge in [0.05, 0.1) is 19.3 Å². The van der Waals surface area contributed by atoms with Gasteiger partial charge in [-0.1, -0.05) is 0 Å². The molecule has 3 aliphatic rings. The number of ether oxygens (including phenoxy) is 1. The summed E-state index contributed by atoms with van der Waals surface area (Å²) < 4.78 is 6.86. The minimum absolute atomic E-state index is 0.145. The van der Waals surface area contributed by atoms with Crippen molar-refractivity contribution in [3.8, 4) is 5.75 Å². The molecule has 4 N–H and O–H groups in total. The number of aromatic nitrogens is 2. The highest BCUT2D eigenvalue weighted by Gasteiger charge is 2.45. The zero-order valence-corrected chi connectivity index (χ0v) is 11.0. The van der Waals surface area contributed by atoms with Gasteiger partial charge in [-0.2, -0.15) is 0 Å². The van der Waals surface area contributed by atoms with Crippen molar-refractivity contribution in [2.75, 3.05) is 6.61 Å². The number of primary amides is 1. The van der Waals surface area contributed by atoms with Gasteiger partial charge in [0.25, 0.3) is 11.5 Å². The van der Waals surface area contributed by atoms with E-state index >= 15 is 0 Å². The minimum Gasteiger partial charge on any atom is -0.501 e. The molecule has 1 fully saturated rings. The van der Waals surface area contributed by atoms with Gasteiger partial charge in [0.1, 0.15) is 11.4 Å². The van der Waals surface area contributed by atoms with Gasteiger partial charge in [0, 0.05) is 0 Å². The van der Waals surface area contributed by atoms with E-state index in [0.29, 0.717) is 19.3 Å². The molecule has 21 heavy (non-hydrogen) atoms. The van der Waals surface area contributed by atoms with Gasteiger partial charge < -0.3 is 20.9 Å². The molecule has 2 amide bonds. The Hall–Kier alpha value is -2.42. The second-order valence-corrected chi connectivity index (χ2v) is 5.23. The van der Waals surface area contributed by atoms with Crippen LogP contribution >= 0.6 is 0 Å². The summed E-state index contributed by atoms with van der Waals surface area (Å²) in [6, 6.07) is 0. The maximum absolute atomic E-state index is 12.3. The van der Waals surface area contributed by atoms with Crippen molar-refractivity contribution >= 4 is 12.3 Å². The van der Waals surface area contributed by atoms with Crippen LogP contribution in [0.5, 0.6) is 5.75 Å². The minimum atomic E-state index is -1.01. The van der Waals surface area contributed by atoms with Gasteiger partial charge >= 0.3 is 0 Å². The zero-order valence-electron chi connectivity index (χ0n) is 11.0. The molecule has 0 radical (unpaired) electrons. The Morgan fingerprint density at radius 1 is 1.62 bits per heavy atom. The highest BCUT2D eigenvalue weighted by molar-refractivity contribution is 5.93. The van der Waals surface area contributed by atoms with E-state index in [9.17, 15) is 19.5 Å². The van der Waals surface area contributed by atoms with Crippen molar-refractivity contribution in [3.63, 3.8) is 0 Å².